The van der Waals surface area contributed by atoms with Crippen LogP contribution in [-0.4, -0.2) is 11.1 Å². The van der Waals surface area contributed by atoms with Crippen molar-refractivity contribution in [3.63, 3.8) is 0 Å². The van der Waals surface area contributed by atoms with Gasteiger partial charge in [-0.15, -0.1) is 0 Å². The molecule has 0 aliphatic carbocycles. The summed E-state index contributed by atoms with van der Waals surface area (Å²) >= 11 is 1.16. The summed E-state index contributed by atoms with van der Waals surface area (Å²) in [5.74, 6) is -2.57. The minimum atomic E-state index is -1.13. The molecule has 1 aromatic carbocycles. The van der Waals surface area contributed by atoms with Crippen molar-refractivity contribution in [2.45, 2.75) is 0 Å². The van der Waals surface area contributed by atoms with Crippen molar-refractivity contribution >= 4 is 17.3 Å². The molecule has 1 N–H and O–H groups in total. The van der Waals surface area contributed by atoms with E-state index < -0.39 is 17.6 Å². The van der Waals surface area contributed by atoms with Crippen molar-refractivity contribution in [2.24, 2.45) is 0 Å². The summed E-state index contributed by atoms with van der Waals surface area (Å²) in [6.45, 7) is 0. The van der Waals surface area contributed by atoms with Gasteiger partial charge in [0.05, 0.1) is 5.56 Å². The van der Waals surface area contributed by atoms with Crippen LogP contribution in [0.3, 0.4) is 0 Å². The maximum atomic E-state index is 13.4. The van der Waals surface area contributed by atoms with Crippen LogP contribution in [0.2, 0.25) is 0 Å². The van der Waals surface area contributed by atoms with Gasteiger partial charge in [0.25, 0.3) is 0 Å². The summed E-state index contributed by atoms with van der Waals surface area (Å²) in [4.78, 5) is 10.8. The minimum Gasteiger partial charge on any atom is -0.478 e. The Labute approximate surface area is 93.8 Å². The molecular formula is C11H6F2O2S. The van der Waals surface area contributed by atoms with Gasteiger partial charge < -0.3 is 5.11 Å². The highest BCUT2D eigenvalue weighted by atomic mass is 32.1. The first-order valence-corrected chi connectivity index (χ1v) is 5.29. The van der Waals surface area contributed by atoms with Gasteiger partial charge in [-0.2, -0.15) is 11.3 Å². The molecule has 82 valence electrons. The fourth-order valence-corrected chi connectivity index (χ4v) is 2.20. The normalized spacial score (nSPS) is 10.4. The van der Waals surface area contributed by atoms with Crippen molar-refractivity contribution in [2.75, 3.05) is 0 Å². The highest BCUT2D eigenvalue weighted by molar-refractivity contribution is 7.08. The fourth-order valence-electron chi connectivity index (χ4n) is 1.38. The second kappa shape index (κ2) is 4.02. The van der Waals surface area contributed by atoms with Crippen LogP contribution >= 0.6 is 11.3 Å². The molecule has 0 fully saturated rings. The number of halogens is 2. The Hall–Kier alpha value is -1.75. The molecule has 5 heteroatoms. The van der Waals surface area contributed by atoms with E-state index >= 15 is 0 Å². The number of aromatic carboxylic acids is 1. The number of rotatable bonds is 2. The van der Waals surface area contributed by atoms with Crippen molar-refractivity contribution in [3.05, 3.63) is 46.2 Å². The van der Waals surface area contributed by atoms with Gasteiger partial charge in [0.15, 0.2) is 0 Å². The number of benzene rings is 1. The SMILES string of the molecule is O=C(O)c1cscc1-c1ccc(F)cc1F. The molecule has 0 bridgehead atoms. The van der Waals surface area contributed by atoms with E-state index in [0.717, 1.165) is 23.5 Å². The van der Waals surface area contributed by atoms with Crippen molar-refractivity contribution in [1.29, 1.82) is 0 Å². The lowest BCUT2D eigenvalue weighted by Crippen LogP contribution is -1.97. The highest BCUT2D eigenvalue weighted by Crippen LogP contribution is 2.29. The van der Waals surface area contributed by atoms with Gasteiger partial charge in [-0.1, -0.05) is 0 Å². The lowest BCUT2D eigenvalue weighted by atomic mass is 10.0. The van der Waals surface area contributed by atoms with E-state index in [1.54, 1.807) is 0 Å². The molecule has 1 aromatic heterocycles. The van der Waals surface area contributed by atoms with Crippen LogP contribution in [0.15, 0.2) is 29.0 Å². The Morgan fingerprint density at radius 3 is 2.56 bits per heavy atom. The maximum Gasteiger partial charge on any atom is 0.337 e. The molecule has 0 saturated heterocycles. The third-order valence-corrected chi connectivity index (χ3v) is 2.86. The second-order valence-electron chi connectivity index (χ2n) is 3.13. The third-order valence-electron chi connectivity index (χ3n) is 2.11. The molecule has 2 nitrogen and oxygen atoms in total. The van der Waals surface area contributed by atoms with Gasteiger partial charge in [0, 0.05) is 22.6 Å². The molecule has 1 heterocycles. The van der Waals surface area contributed by atoms with Crippen LogP contribution in [0.4, 0.5) is 8.78 Å². The van der Waals surface area contributed by atoms with Crippen LogP contribution in [0.25, 0.3) is 11.1 Å². The third kappa shape index (κ3) is 1.81. The van der Waals surface area contributed by atoms with Crippen molar-refractivity contribution in [3.8, 4) is 11.1 Å². The van der Waals surface area contributed by atoms with E-state index in [1.165, 1.54) is 16.8 Å². The van der Waals surface area contributed by atoms with E-state index in [0.29, 0.717) is 0 Å². The number of hydrogen-bond donors (Lipinski definition) is 1. The summed E-state index contributed by atoms with van der Waals surface area (Å²) in [6.07, 6.45) is 0. The van der Waals surface area contributed by atoms with E-state index in [-0.39, 0.29) is 16.7 Å². The first-order chi connectivity index (χ1) is 7.59. The molecule has 0 saturated carbocycles. The molecule has 0 unspecified atom stereocenters. The summed E-state index contributed by atoms with van der Waals surface area (Å²) in [6, 6.07) is 3.07. The van der Waals surface area contributed by atoms with Gasteiger partial charge in [-0.05, 0) is 17.5 Å². The first kappa shape index (κ1) is 10.8. The van der Waals surface area contributed by atoms with Gasteiger partial charge >= 0.3 is 5.97 Å². The van der Waals surface area contributed by atoms with Gasteiger partial charge in [-0.25, -0.2) is 13.6 Å². The van der Waals surface area contributed by atoms with Crippen LogP contribution in [0.1, 0.15) is 10.4 Å². The molecular weight excluding hydrogens is 234 g/mol. The molecule has 0 radical (unpaired) electrons. The molecule has 16 heavy (non-hydrogen) atoms. The first-order valence-electron chi connectivity index (χ1n) is 4.34. The number of carbonyl (C=O) groups is 1. The smallest absolute Gasteiger partial charge is 0.337 e. The standard InChI is InChI=1S/C11H6F2O2S/c12-6-1-2-7(10(13)3-6)8-4-16-5-9(8)11(14)15/h1-5H,(H,14,15). The van der Waals surface area contributed by atoms with Gasteiger partial charge in [0.1, 0.15) is 11.6 Å². The van der Waals surface area contributed by atoms with Crippen LogP contribution in [-0.2, 0) is 0 Å². The topological polar surface area (TPSA) is 37.3 Å². The number of carboxylic acids is 1. The fraction of sp³-hybridized carbons (Fsp3) is 0. The highest BCUT2D eigenvalue weighted by Gasteiger charge is 2.15. The van der Waals surface area contributed by atoms with E-state index in [4.69, 9.17) is 5.11 Å². The Balaban J connectivity index is 2.59. The van der Waals surface area contributed by atoms with Crippen LogP contribution in [0, 0.1) is 11.6 Å². The number of hydrogen-bond acceptors (Lipinski definition) is 2. The van der Waals surface area contributed by atoms with Gasteiger partial charge in [0.2, 0.25) is 0 Å². The van der Waals surface area contributed by atoms with E-state index in [9.17, 15) is 13.6 Å². The number of carboxylic acid groups (broad SMARTS) is 1. The average Bonchev–Trinajstić information content (AvgIpc) is 2.66. The monoisotopic (exact) mass is 240 g/mol. The quantitative estimate of drug-likeness (QED) is 0.873. The molecule has 2 aromatic rings. The van der Waals surface area contributed by atoms with Crippen molar-refractivity contribution in [1.82, 2.24) is 0 Å². The van der Waals surface area contributed by atoms with Crippen LogP contribution in [0.5, 0.6) is 0 Å². The Kier molecular flexibility index (Phi) is 2.70. The molecule has 0 spiro atoms. The number of thiophene rings is 1. The Morgan fingerprint density at radius 2 is 1.94 bits per heavy atom. The molecule has 2 rings (SSSR count). The predicted octanol–water partition coefficient (Wildman–Crippen LogP) is 3.39. The Morgan fingerprint density at radius 1 is 1.19 bits per heavy atom. The molecule has 0 amide bonds. The van der Waals surface area contributed by atoms with E-state index in [1.807, 2.05) is 0 Å². The molecule has 0 aliphatic heterocycles. The zero-order chi connectivity index (χ0) is 11.7. The summed E-state index contributed by atoms with van der Waals surface area (Å²) in [7, 11) is 0. The zero-order valence-corrected chi connectivity index (χ0v) is 8.72. The minimum absolute atomic E-state index is 0.0236. The predicted molar refractivity (Wildman–Crippen MR) is 56.6 cm³/mol. The lowest BCUT2D eigenvalue weighted by molar-refractivity contribution is 0.0698. The Bertz CT molecular complexity index is 549. The van der Waals surface area contributed by atoms with Crippen LogP contribution < -0.4 is 0 Å². The second-order valence-corrected chi connectivity index (χ2v) is 3.87. The van der Waals surface area contributed by atoms with Crippen molar-refractivity contribution < 1.29 is 18.7 Å². The average molecular weight is 240 g/mol. The lowest BCUT2D eigenvalue weighted by Gasteiger charge is -2.02. The maximum absolute atomic E-state index is 13.4. The largest absolute Gasteiger partial charge is 0.478 e. The van der Waals surface area contributed by atoms with E-state index in [2.05, 4.69) is 0 Å². The van der Waals surface area contributed by atoms with Gasteiger partial charge in [-0.3, -0.25) is 0 Å². The summed E-state index contributed by atoms with van der Waals surface area (Å²) in [5.41, 5.74) is 0.394. The zero-order valence-electron chi connectivity index (χ0n) is 7.91. The molecule has 0 atom stereocenters. The summed E-state index contributed by atoms with van der Waals surface area (Å²) in [5, 5.41) is 11.8. The summed E-state index contributed by atoms with van der Waals surface area (Å²) < 4.78 is 26.1. The molecule has 0 aliphatic rings.